The fraction of sp³-hybridized carbons (Fsp3) is 0.417. The van der Waals surface area contributed by atoms with Crippen LogP contribution in [0.15, 0.2) is 29.2 Å². The van der Waals surface area contributed by atoms with E-state index in [0.717, 1.165) is 0 Å². The Morgan fingerprint density at radius 3 is 2.37 bits per heavy atom. The van der Waals surface area contributed by atoms with Gasteiger partial charge < -0.3 is 5.32 Å². The smallest absolute Gasteiger partial charge is 0.240 e. The van der Waals surface area contributed by atoms with Gasteiger partial charge in [0, 0.05) is 24.0 Å². The van der Waals surface area contributed by atoms with E-state index in [2.05, 4.69) is 10.0 Å². The normalized spacial score (nSPS) is 11.6. The van der Waals surface area contributed by atoms with Crippen LogP contribution >= 0.6 is 11.6 Å². The first-order valence-electron chi connectivity index (χ1n) is 5.86. The van der Waals surface area contributed by atoms with Crippen LogP contribution in [-0.4, -0.2) is 26.9 Å². The summed E-state index contributed by atoms with van der Waals surface area (Å²) in [5.74, 6) is -0.186. The zero-order valence-electron chi connectivity index (χ0n) is 10.8. The SMILES string of the molecule is CC(C)NC(=O)CCNS(=O)(=O)c1ccc(Cl)cc1. The highest BCUT2D eigenvalue weighted by atomic mass is 35.5. The average molecular weight is 305 g/mol. The van der Waals surface area contributed by atoms with Gasteiger partial charge in [0.1, 0.15) is 0 Å². The van der Waals surface area contributed by atoms with Crippen LogP contribution in [0.1, 0.15) is 20.3 Å². The van der Waals surface area contributed by atoms with Crippen molar-refractivity contribution in [3.8, 4) is 0 Å². The molecule has 0 heterocycles. The quantitative estimate of drug-likeness (QED) is 0.837. The fourth-order valence-corrected chi connectivity index (χ4v) is 2.55. The van der Waals surface area contributed by atoms with Crippen molar-refractivity contribution in [1.82, 2.24) is 10.0 Å². The molecule has 0 atom stereocenters. The van der Waals surface area contributed by atoms with E-state index in [1.54, 1.807) is 0 Å². The van der Waals surface area contributed by atoms with Crippen LogP contribution in [-0.2, 0) is 14.8 Å². The number of nitrogens with one attached hydrogen (secondary N) is 2. The van der Waals surface area contributed by atoms with E-state index in [1.165, 1.54) is 24.3 Å². The molecule has 5 nitrogen and oxygen atoms in total. The predicted octanol–water partition coefficient (Wildman–Crippen LogP) is 1.53. The zero-order valence-corrected chi connectivity index (χ0v) is 12.4. The Bertz CT molecular complexity index is 526. The molecule has 7 heteroatoms. The van der Waals surface area contributed by atoms with Crippen LogP contribution in [0.5, 0.6) is 0 Å². The first-order valence-corrected chi connectivity index (χ1v) is 7.72. The largest absolute Gasteiger partial charge is 0.354 e. The Kier molecular flexibility index (Phi) is 5.78. The molecule has 106 valence electrons. The van der Waals surface area contributed by atoms with Crippen molar-refractivity contribution in [3.05, 3.63) is 29.3 Å². The number of rotatable bonds is 6. The maximum atomic E-state index is 11.9. The van der Waals surface area contributed by atoms with Gasteiger partial charge in [0.15, 0.2) is 0 Å². The van der Waals surface area contributed by atoms with Crippen LogP contribution < -0.4 is 10.0 Å². The number of sulfonamides is 1. The molecule has 1 aromatic carbocycles. The van der Waals surface area contributed by atoms with Gasteiger partial charge in [-0.3, -0.25) is 4.79 Å². The van der Waals surface area contributed by atoms with E-state index in [9.17, 15) is 13.2 Å². The van der Waals surface area contributed by atoms with Gasteiger partial charge in [-0.15, -0.1) is 0 Å². The summed E-state index contributed by atoms with van der Waals surface area (Å²) >= 11 is 5.69. The average Bonchev–Trinajstić information content (AvgIpc) is 2.28. The molecule has 2 N–H and O–H groups in total. The maximum Gasteiger partial charge on any atom is 0.240 e. The first-order chi connectivity index (χ1) is 8.81. The van der Waals surface area contributed by atoms with Gasteiger partial charge >= 0.3 is 0 Å². The number of amides is 1. The van der Waals surface area contributed by atoms with Crippen LogP contribution in [0.2, 0.25) is 5.02 Å². The molecule has 0 spiro atoms. The molecule has 0 aliphatic carbocycles. The van der Waals surface area contributed by atoms with Crippen molar-refractivity contribution in [2.24, 2.45) is 0 Å². The molecule has 19 heavy (non-hydrogen) atoms. The molecule has 0 saturated carbocycles. The second-order valence-corrected chi connectivity index (χ2v) is 6.53. The summed E-state index contributed by atoms with van der Waals surface area (Å²) in [6.07, 6.45) is 0.102. The highest BCUT2D eigenvalue weighted by molar-refractivity contribution is 7.89. The lowest BCUT2D eigenvalue weighted by molar-refractivity contribution is -0.121. The first kappa shape index (κ1) is 15.9. The van der Waals surface area contributed by atoms with Gasteiger partial charge in [0.2, 0.25) is 15.9 Å². The number of carbonyl (C=O) groups is 1. The molecule has 1 aromatic rings. The Morgan fingerprint density at radius 1 is 1.26 bits per heavy atom. The summed E-state index contributed by atoms with van der Waals surface area (Å²) in [7, 11) is -3.59. The standard InChI is InChI=1S/C12H17ClN2O3S/c1-9(2)15-12(16)7-8-14-19(17,18)11-5-3-10(13)4-6-11/h3-6,9,14H,7-8H2,1-2H3,(H,15,16). The van der Waals surface area contributed by atoms with Crippen LogP contribution in [0.4, 0.5) is 0 Å². The van der Waals surface area contributed by atoms with Crippen molar-refractivity contribution in [1.29, 1.82) is 0 Å². The van der Waals surface area contributed by atoms with Gasteiger partial charge in [-0.25, -0.2) is 13.1 Å². The highest BCUT2D eigenvalue weighted by Crippen LogP contribution is 2.13. The van der Waals surface area contributed by atoms with E-state index < -0.39 is 10.0 Å². The summed E-state index contributed by atoms with van der Waals surface area (Å²) in [5, 5.41) is 3.15. The summed E-state index contributed by atoms with van der Waals surface area (Å²) in [6.45, 7) is 3.75. The van der Waals surface area contributed by atoms with Crippen LogP contribution in [0.25, 0.3) is 0 Å². The molecular formula is C12H17ClN2O3S. The van der Waals surface area contributed by atoms with E-state index in [1.807, 2.05) is 13.8 Å². The molecule has 0 saturated heterocycles. The lowest BCUT2D eigenvalue weighted by Crippen LogP contribution is -2.34. The van der Waals surface area contributed by atoms with Gasteiger partial charge in [0.25, 0.3) is 0 Å². The Morgan fingerprint density at radius 2 is 1.84 bits per heavy atom. The van der Waals surface area contributed by atoms with Crippen molar-refractivity contribution >= 4 is 27.5 Å². The Hall–Kier alpha value is -1.11. The molecule has 0 radical (unpaired) electrons. The molecule has 1 rings (SSSR count). The molecule has 0 aliphatic rings. The second kappa shape index (κ2) is 6.88. The third kappa shape index (κ3) is 5.59. The third-order valence-electron chi connectivity index (χ3n) is 2.22. The minimum Gasteiger partial charge on any atom is -0.354 e. The third-order valence-corrected chi connectivity index (χ3v) is 3.95. The number of hydrogen-bond acceptors (Lipinski definition) is 3. The highest BCUT2D eigenvalue weighted by Gasteiger charge is 2.14. The molecule has 0 unspecified atom stereocenters. The molecule has 1 amide bonds. The van der Waals surface area contributed by atoms with Gasteiger partial charge in [-0.05, 0) is 38.1 Å². The Labute approximate surface area is 118 Å². The molecule has 0 bridgehead atoms. The fourth-order valence-electron chi connectivity index (χ4n) is 1.39. The lowest BCUT2D eigenvalue weighted by Gasteiger charge is -2.09. The van der Waals surface area contributed by atoms with E-state index >= 15 is 0 Å². The minimum absolute atomic E-state index is 0.0420. The summed E-state index contributed by atoms with van der Waals surface area (Å²) < 4.78 is 26.1. The second-order valence-electron chi connectivity index (χ2n) is 4.32. The molecule has 0 aromatic heterocycles. The van der Waals surface area contributed by atoms with Crippen LogP contribution in [0, 0.1) is 0 Å². The van der Waals surface area contributed by atoms with Crippen molar-refractivity contribution in [2.75, 3.05) is 6.54 Å². The van der Waals surface area contributed by atoms with E-state index in [4.69, 9.17) is 11.6 Å². The van der Waals surface area contributed by atoms with E-state index in [0.29, 0.717) is 5.02 Å². The number of carbonyl (C=O) groups excluding carboxylic acids is 1. The van der Waals surface area contributed by atoms with Gasteiger partial charge in [-0.2, -0.15) is 0 Å². The predicted molar refractivity (Wildman–Crippen MR) is 74.5 cm³/mol. The monoisotopic (exact) mass is 304 g/mol. The summed E-state index contributed by atoms with van der Waals surface area (Å²) in [5.41, 5.74) is 0. The molecular weight excluding hydrogens is 288 g/mol. The van der Waals surface area contributed by atoms with Gasteiger partial charge in [-0.1, -0.05) is 11.6 Å². The maximum absolute atomic E-state index is 11.9. The summed E-state index contributed by atoms with van der Waals surface area (Å²) in [6, 6.07) is 5.88. The van der Waals surface area contributed by atoms with Crippen molar-refractivity contribution < 1.29 is 13.2 Å². The Balaban J connectivity index is 2.52. The topological polar surface area (TPSA) is 75.3 Å². The van der Waals surface area contributed by atoms with Crippen molar-refractivity contribution in [3.63, 3.8) is 0 Å². The lowest BCUT2D eigenvalue weighted by atomic mass is 10.3. The van der Waals surface area contributed by atoms with E-state index in [-0.39, 0.29) is 29.8 Å². The number of hydrogen-bond donors (Lipinski definition) is 2. The number of benzene rings is 1. The zero-order chi connectivity index (χ0) is 14.5. The minimum atomic E-state index is -3.59. The molecule has 0 aliphatic heterocycles. The van der Waals surface area contributed by atoms with Crippen LogP contribution in [0.3, 0.4) is 0 Å². The van der Waals surface area contributed by atoms with Crippen molar-refractivity contribution in [2.45, 2.75) is 31.2 Å². The molecule has 0 fully saturated rings. The summed E-state index contributed by atoms with van der Waals surface area (Å²) in [4.78, 5) is 11.5. The number of halogens is 1. The van der Waals surface area contributed by atoms with Gasteiger partial charge in [0.05, 0.1) is 4.90 Å².